The molecule has 92 valence electrons. The summed E-state index contributed by atoms with van der Waals surface area (Å²) >= 11 is 0. The first-order chi connectivity index (χ1) is 8.68. The van der Waals surface area contributed by atoms with Crippen molar-refractivity contribution in [3.63, 3.8) is 0 Å². The van der Waals surface area contributed by atoms with Crippen molar-refractivity contribution in [2.75, 3.05) is 0 Å². The maximum Gasteiger partial charge on any atom is 0.265 e. The lowest BCUT2D eigenvalue weighted by Crippen LogP contribution is -2.17. The molecule has 1 fully saturated rings. The summed E-state index contributed by atoms with van der Waals surface area (Å²) < 4.78 is 1.92. The Bertz CT molecular complexity index is 594. The summed E-state index contributed by atoms with van der Waals surface area (Å²) in [5.74, 6) is 0.192. The van der Waals surface area contributed by atoms with E-state index in [1.807, 2.05) is 29.8 Å². The summed E-state index contributed by atoms with van der Waals surface area (Å²) in [6.45, 7) is 0. The van der Waals surface area contributed by atoms with E-state index in [0.29, 0.717) is 11.6 Å². The van der Waals surface area contributed by atoms with Crippen LogP contribution in [0.5, 0.6) is 0 Å². The Morgan fingerprint density at radius 1 is 1.28 bits per heavy atom. The minimum Gasteiger partial charge on any atom is -0.364 e. The molecule has 0 saturated heterocycles. The fourth-order valence-electron chi connectivity index (χ4n) is 2.53. The molecule has 1 aliphatic carbocycles. The zero-order valence-corrected chi connectivity index (χ0v) is 10.4. The molecule has 1 aromatic carbocycles. The fraction of sp³-hybridized carbons (Fsp3) is 0.267. The van der Waals surface area contributed by atoms with E-state index in [1.54, 1.807) is 0 Å². The molecule has 0 aliphatic heterocycles. The third-order valence-electron chi connectivity index (χ3n) is 3.58. The maximum atomic E-state index is 11.6. The topological polar surface area (TPSA) is 48.0 Å². The minimum atomic E-state index is -0.332. The number of aromatic nitrogens is 1. The van der Waals surface area contributed by atoms with E-state index < -0.39 is 0 Å². The van der Waals surface area contributed by atoms with Crippen LogP contribution < -0.4 is 5.73 Å². The maximum absolute atomic E-state index is 11.6. The van der Waals surface area contributed by atoms with Gasteiger partial charge in [0.15, 0.2) is 0 Å². The van der Waals surface area contributed by atoms with Crippen molar-refractivity contribution in [1.82, 2.24) is 4.57 Å². The van der Waals surface area contributed by atoms with Crippen LogP contribution >= 0.6 is 0 Å². The average molecular weight is 240 g/mol. The molecule has 0 unspecified atom stereocenters. The number of nitrogens with zero attached hydrogens (tertiary/aromatic N) is 1. The Morgan fingerprint density at radius 2 is 1.94 bits per heavy atom. The Labute approximate surface area is 106 Å². The highest BCUT2D eigenvalue weighted by Crippen LogP contribution is 2.43. The van der Waals surface area contributed by atoms with E-state index in [4.69, 9.17) is 5.73 Å². The van der Waals surface area contributed by atoms with Crippen LogP contribution in [-0.4, -0.2) is 10.5 Å². The number of primary amides is 1. The first-order valence-corrected chi connectivity index (χ1v) is 6.23. The third-order valence-corrected chi connectivity index (χ3v) is 3.58. The largest absolute Gasteiger partial charge is 0.364 e. The molecular formula is C15H16N2O. The van der Waals surface area contributed by atoms with Gasteiger partial charge in [-0.1, -0.05) is 30.3 Å². The molecule has 0 bridgehead atoms. The van der Waals surface area contributed by atoms with E-state index >= 15 is 0 Å². The van der Waals surface area contributed by atoms with Gasteiger partial charge in [0.25, 0.3) is 5.91 Å². The van der Waals surface area contributed by atoms with Crippen molar-refractivity contribution in [1.29, 1.82) is 0 Å². The lowest BCUT2D eigenvalue weighted by atomic mass is 10.1. The number of carbonyl (C=O) groups excluding carboxylic acids is 1. The predicted octanol–water partition coefficient (Wildman–Crippen LogP) is 2.67. The van der Waals surface area contributed by atoms with Crippen LogP contribution in [-0.2, 0) is 7.05 Å². The Balaban J connectivity index is 2.17. The van der Waals surface area contributed by atoms with Gasteiger partial charge < -0.3 is 10.3 Å². The van der Waals surface area contributed by atoms with Gasteiger partial charge in [-0.15, -0.1) is 0 Å². The molecule has 3 heteroatoms. The number of carbonyl (C=O) groups is 1. The molecule has 1 amide bonds. The summed E-state index contributed by atoms with van der Waals surface area (Å²) in [6.07, 6.45) is 2.33. The summed E-state index contributed by atoms with van der Waals surface area (Å²) in [6, 6.07) is 12.2. The molecular weight excluding hydrogens is 224 g/mol. The molecule has 0 radical (unpaired) electrons. The molecule has 2 aromatic rings. The van der Waals surface area contributed by atoms with Crippen molar-refractivity contribution in [2.24, 2.45) is 12.8 Å². The zero-order valence-electron chi connectivity index (χ0n) is 10.4. The van der Waals surface area contributed by atoms with Crippen LogP contribution in [0.1, 0.15) is 34.8 Å². The molecule has 1 aromatic heterocycles. The molecule has 3 rings (SSSR count). The Hall–Kier alpha value is -2.03. The summed E-state index contributed by atoms with van der Waals surface area (Å²) in [5.41, 5.74) is 9.47. The predicted molar refractivity (Wildman–Crippen MR) is 71.3 cm³/mol. The van der Waals surface area contributed by atoms with Gasteiger partial charge in [0.1, 0.15) is 5.69 Å². The second-order valence-electron chi connectivity index (χ2n) is 4.90. The van der Waals surface area contributed by atoms with Crippen LogP contribution in [0.3, 0.4) is 0 Å². The summed E-state index contributed by atoms with van der Waals surface area (Å²) in [5, 5.41) is 0. The first kappa shape index (κ1) is 11.1. The number of hydrogen-bond acceptors (Lipinski definition) is 1. The normalized spacial score (nSPS) is 14.7. The molecule has 2 N–H and O–H groups in total. The molecule has 1 aliphatic rings. The van der Waals surface area contributed by atoms with Gasteiger partial charge in [-0.2, -0.15) is 0 Å². The van der Waals surface area contributed by atoms with Crippen LogP contribution in [0.15, 0.2) is 36.4 Å². The lowest BCUT2D eigenvalue weighted by molar-refractivity contribution is 0.0991. The highest BCUT2D eigenvalue weighted by molar-refractivity contribution is 5.94. The van der Waals surface area contributed by atoms with Gasteiger partial charge in [-0.05, 0) is 36.0 Å². The zero-order chi connectivity index (χ0) is 12.7. The smallest absolute Gasteiger partial charge is 0.265 e. The SMILES string of the molecule is Cn1c(-c2ccccc2)cc(C2CC2)c1C(N)=O. The molecule has 3 nitrogen and oxygen atoms in total. The van der Waals surface area contributed by atoms with Gasteiger partial charge in [0.2, 0.25) is 0 Å². The van der Waals surface area contributed by atoms with Crippen molar-refractivity contribution in [3.8, 4) is 11.3 Å². The quantitative estimate of drug-likeness (QED) is 0.881. The van der Waals surface area contributed by atoms with Crippen molar-refractivity contribution in [2.45, 2.75) is 18.8 Å². The van der Waals surface area contributed by atoms with Crippen LogP contribution in [0.2, 0.25) is 0 Å². The van der Waals surface area contributed by atoms with Gasteiger partial charge in [0.05, 0.1) is 0 Å². The molecule has 1 saturated carbocycles. The lowest BCUT2D eigenvalue weighted by Gasteiger charge is -2.06. The van der Waals surface area contributed by atoms with E-state index in [0.717, 1.165) is 16.8 Å². The van der Waals surface area contributed by atoms with Gasteiger partial charge in [-0.3, -0.25) is 4.79 Å². The second kappa shape index (κ2) is 4.02. The van der Waals surface area contributed by atoms with E-state index in [9.17, 15) is 4.79 Å². The number of nitrogens with two attached hydrogens (primary N) is 1. The fourth-order valence-corrected chi connectivity index (χ4v) is 2.53. The van der Waals surface area contributed by atoms with Crippen molar-refractivity contribution >= 4 is 5.91 Å². The number of rotatable bonds is 3. The average Bonchev–Trinajstić information content (AvgIpc) is 3.14. The van der Waals surface area contributed by atoms with E-state index in [-0.39, 0.29) is 5.91 Å². The van der Waals surface area contributed by atoms with Crippen LogP contribution in [0, 0.1) is 0 Å². The monoisotopic (exact) mass is 240 g/mol. The highest BCUT2D eigenvalue weighted by Gasteiger charge is 2.30. The number of amides is 1. The van der Waals surface area contributed by atoms with Gasteiger partial charge >= 0.3 is 0 Å². The number of hydrogen-bond donors (Lipinski definition) is 1. The summed E-state index contributed by atoms with van der Waals surface area (Å²) in [4.78, 5) is 11.6. The second-order valence-corrected chi connectivity index (χ2v) is 4.90. The van der Waals surface area contributed by atoms with Gasteiger partial charge in [0, 0.05) is 12.7 Å². The van der Waals surface area contributed by atoms with E-state index in [1.165, 1.54) is 12.8 Å². The van der Waals surface area contributed by atoms with Crippen LogP contribution in [0.4, 0.5) is 0 Å². The molecule has 0 atom stereocenters. The standard InChI is InChI=1S/C15H16N2O/c1-17-13(11-5-3-2-4-6-11)9-12(10-7-8-10)14(17)15(16)18/h2-6,9-10H,7-8H2,1H3,(H2,16,18). The molecule has 18 heavy (non-hydrogen) atoms. The van der Waals surface area contributed by atoms with Crippen molar-refractivity contribution < 1.29 is 4.79 Å². The van der Waals surface area contributed by atoms with E-state index in [2.05, 4.69) is 18.2 Å². The molecule has 1 heterocycles. The third kappa shape index (κ3) is 1.72. The Morgan fingerprint density at radius 3 is 2.50 bits per heavy atom. The Kier molecular flexibility index (Phi) is 2.47. The van der Waals surface area contributed by atoms with Crippen molar-refractivity contribution in [3.05, 3.63) is 47.7 Å². The van der Waals surface area contributed by atoms with Crippen LogP contribution in [0.25, 0.3) is 11.3 Å². The number of benzene rings is 1. The molecule has 0 spiro atoms. The highest BCUT2D eigenvalue weighted by atomic mass is 16.1. The minimum absolute atomic E-state index is 0.332. The van der Waals surface area contributed by atoms with Gasteiger partial charge in [-0.25, -0.2) is 0 Å². The summed E-state index contributed by atoms with van der Waals surface area (Å²) in [7, 11) is 1.91. The first-order valence-electron chi connectivity index (χ1n) is 6.23.